The van der Waals surface area contributed by atoms with Gasteiger partial charge in [-0.2, -0.15) is 0 Å². The lowest BCUT2D eigenvalue weighted by atomic mass is 9.78. The van der Waals surface area contributed by atoms with Gasteiger partial charge in [0.2, 0.25) is 0 Å². The number of hydrogen-bond donors (Lipinski definition) is 1. The van der Waals surface area contributed by atoms with Crippen LogP contribution in [0.1, 0.15) is 56.9 Å². The molecule has 0 bridgehead atoms. The van der Waals surface area contributed by atoms with E-state index in [1.807, 2.05) is 0 Å². The van der Waals surface area contributed by atoms with Gasteiger partial charge >= 0.3 is 0 Å². The molecule has 1 N–H and O–H groups in total. The number of piperidine rings is 1. The summed E-state index contributed by atoms with van der Waals surface area (Å²) in [7, 11) is 0. The first-order chi connectivity index (χ1) is 10.4. The van der Waals surface area contributed by atoms with Gasteiger partial charge in [-0.3, -0.25) is 0 Å². The minimum atomic E-state index is 0.801. The predicted molar refractivity (Wildman–Crippen MR) is 88.6 cm³/mol. The monoisotopic (exact) mass is 284 g/mol. The van der Waals surface area contributed by atoms with Crippen LogP contribution in [0.4, 0.5) is 5.69 Å². The maximum absolute atomic E-state index is 3.60. The van der Waals surface area contributed by atoms with Crippen molar-refractivity contribution < 1.29 is 0 Å². The Morgan fingerprint density at radius 2 is 1.67 bits per heavy atom. The fraction of sp³-hybridized carbons (Fsp3) is 0.684. The van der Waals surface area contributed by atoms with Gasteiger partial charge in [0.15, 0.2) is 0 Å². The van der Waals surface area contributed by atoms with Crippen molar-refractivity contribution in [1.82, 2.24) is 5.32 Å². The highest BCUT2D eigenvalue weighted by Gasteiger charge is 2.33. The minimum absolute atomic E-state index is 0.801. The summed E-state index contributed by atoms with van der Waals surface area (Å²) >= 11 is 0. The highest BCUT2D eigenvalue weighted by molar-refractivity contribution is 5.49. The Balaban J connectivity index is 1.43. The van der Waals surface area contributed by atoms with E-state index in [0.29, 0.717) is 0 Å². The maximum atomic E-state index is 3.60. The summed E-state index contributed by atoms with van der Waals surface area (Å²) in [6, 6.07) is 11.0. The second-order valence-electron chi connectivity index (χ2n) is 7.27. The van der Waals surface area contributed by atoms with E-state index in [9.17, 15) is 0 Å². The largest absolute Gasteiger partial charge is 0.368 e. The SMILES string of the molecule is c1cc(N2CCCC3CCCCC32)ccc1CNC1CC1. The molecule has 0 amide bonds. The quantitative estimate of drug-likeness (QED) is 0.895. The molecule has 3 fully saturated rings. The van der Waals surface area contributed by atoms with Crippen molar-refractivity contribution in [2.75, 3.05) is 11.4 Å². The number of hydrogen-bond acceptors (Lipinski definition) is 2. The molecular formula is C19H28N2. The van der Waals surface area contributed by atoms with E-state index in [1.54, 1.807) is 0 Å². The van der Waals surface area contributed by atoms with E-state index in [2.05, 4.69) is 34.5 Å². The molecule has 1 aliphatic heterocycles. The Labute approximate surface area is 128 Å². The van der Waals surface area contributed by atoms with Crippen LogP contribution >= 0.6 is 0 Å². The lowest BCUT2D eigenvalue weighted by molar-refractivity contribution is 0.244. The summed E-state index contributed by atoms with van der Waals surface area (Å²) in [4.78, 5) is 2.71. The Hall–Kier alpha value is -1.02. The Morgan fingerprint density at radius 1 is 0.905 bits per heavy atom. The Morgan fingerprint density at radius 3 is 2.48 bits per heavy atom. The third kappa shape index (κ3) is 3.11. The second kappa shape index (κ2) is 6.00. The fourth-order valence-electron chi connectivity index (χ4n) is 4.30. The van der Waals surface area contributed by atoms with Crippen molar-refractivity contribution in [3.63, 3.8) is 0 Å². The third-order valence-corrected chi connectivity index (χ3v) is 5.68. The van der Waals surface area contributed by atoms with E-state index in [4.69, 9.17) is 0 Å². The number of nitrogens with zero attached hydrogens (tertiary/aromatic N) is 1. The van der Waals surface area contributed by atoms with Crippen LogP contribution in [0.5, 0.6) is 0 Å². The molecule has 0 radical (unpaired) electrons. The average Bonchev–Trinajstić information content (AvgIpc) is 3.37. The summed E-state index contributed by atoms with van der Waals surface area (Å²) in [6.07, 6.45) is 11.3. The highest BCUT2D eigenvalue weighted by Crippen LogP contribution is 2.37. The first-order valence-corrected chi connectivity index (χ1v) is 8.99. The van der Waals surface area contributed by atoms with Crippen molar-refractivity contribution in [2.45, 2.75) is 70.0 Å². The third-order valence-electron chi connectivity index (χ3n) is 5.68. The van der Waals surface area contributed by atoms with Gasteiger partial charge in [-0.05, 0) is 62.1 Å². The van der Waals surface area contributed by atoms with E-state index < -0.39 is 0 Å². The first-order valence-electron chi connectivity index (χ1n) is 8.99. The summed E-state index contributed by atoms with van der Waals surface area (Å²) in [6.45, 7) is 2.30. The van der Waals surface area contributed by atoms with Crippen molar-refractivity contribution in [1.29, 1.82) is 0 Å². The summed E-state index contributed by atoms with van der Waals surface area (Å²) in [5.41, 5.74) is 2.89. The smallest absolute Gasteiger partial charge is 0.0369 e. The van der Waals surface area contributed by atoms with Gasteiger partial charge < -0.3 is 10.2 Å². The van der Waals surface area contributed by atoms with Crippen LogP contribution in [0, 0.1) is 5.92 Å². The highest BCUT2D eigenvalue weighted by atomic mass is 15.2. The topological polar surface area (TPSA) is 15.3 Å². The van der Waals surface area contributed by atoms with Gasteiger partial charge in [0.1, 0.15) is 0 Å². The zero-order valence-corrected chi connectivity index (χ0v) is 13.1. The molecule has 2 aliphatic carbocycles. The van der Waals surface area contributed by atoms with Crippen molar-refractivity contribution in [2.24, 2.45) is 5.92 Å². The van der Waals surface area contributed by atoms with E-state index in [-0.39, 0.29) is 0 Å². The minimum Gasteiger partial charge on any atom is -0.368 e. The normalized spacial score (nSPS) is 29.2. The van der Waals surface area contributed by atoms with Crippen LogP contribution in [0.3, 0.4) is 0 Å². The molecule has 21 heavy (non-hydrogen) atoms. The summed E-state index contributed by atoms with van der Waals surface area (Å²) in [5.74, 6) is 0.962. The van der Waals surface area contributed by atoms with Crippen LogP contribution in [0.15, 0.2) is 24.3 Å². The predicted octanol–water partition coefficient (Wildman–Crippen LogP) is 4.10. The van der Waals surface area contributed by atoms with E-state index in [1.165, 1.54) is 69.2 Å². The number of fused-ring (bicyclic) bond motifs is 1. The van der Waals surface area contributed by atoms with Crippen molar-refractivity contribution in [3.8, 4) is 0 Å². The van der Waals surface area contributed by atoms with Crippen LogP contribution in [0.25, 0.3) is 0 Å². The summed E-state index contributed by atoms with van der Waals surface area (Å²) in [5, 5.41) is 3.60. The number of benzene rings is 1. The Kier molecular flexibility index (Phi) is 3.89. The van der Waals surface area contributed by atoms with Crippen LogP contribution in [0.2, 0.25) is 0 Å². The van der Waals surface area contributed by atoms with Gasteiger partial charge in [-0.25, -0.2) is 0 Å². The molecule has 4 rings (SSSR count). The van der Waals surface area contributed by atoms with Gasteiger partial charge in [0.05, 0.1) is 0 Å². The average molecular weight is 284 g/mol. The number of rotatable bonds is 4. The molecule has 1 heterocycles. The molecular weight excluding hydrogens is 256 g/mol. The number of anilines is 1. The molecule has 1 saturated heterocycles. The standard InChI is InChI=1S/C19H28N2/c1-2-6-19-16(4-1)5-3-13-21(19)18-11-7-15(8-12-18)14-20-17-9-10-17/h7-8,11-12,16-17,19-20H,1-6,9-10,13-14H2. The molecule has 2 heteroatoms. The van der Waals surface area contributed by atoms with Crippen LogP contribution < -0.4 is 10.2 Å². The van der Waals surface area contributed by atoms with Crippen LogP contribution in [-0.4, -0.2) is 18.6 Å². The molecule has 114 valence electrons. The van der Waals surface area contributed by atoms with Crippen molar-refractivity contribution >= 4 is 5.69 Å². The molecule has 1 aromatic rings. The zero-order valence-electron chi connectivity index (χ0n) is 13.1. The molecule has 2 unspecified atom stereocenters. The fourth-order valence-corrected chi connectivity index (χ4v) is 4.30. The zero-order chi connectivity index (χ0) is 14.1. The first kappa shape index (κ1) is 13.6. The Bertz CT molecular complexity index is 461. The lowest BCUT2D eigenvalue weighted by Gasteiger charge is -2.45. The van der Waals surface area contributed by atoms with E-state index >= 15 is 0 Å². The second-order valence-corrected chi connectivity index (χ2v) is 7.27. The van der Waals surface area contributed by atoms with Gasteiger partial charge in [-0.1, -0.05) is 25.0 Å². The number of nitrogens with one attached hydrogen (secondary N) is 1. The lowest BCUT2D eigenvalue weighted by Crippen LogP contribution is -2.46. The maximum Gasteiger partial charge on any atom is 0.0369 e. The molecule has 0 spiro atoms. The van der Waals surface area contributed by atoms with E-state index in [0.717, 1.165) is 24.5 Å². The molecule has 0 aromatic heterocycles. The molecule has 2 atom stereocenters. The van der Waals surface area contributed by atoms with Gasteiger partial charge in [0.25, 0.3) is 0 Å². The summed E-state index contributed by atoms with van der Waals surface area (Å²) < 4.78 is 0. The molecule has 2 nitrogen and oxygen atoms in total. The molecule has 1 aromatic carbocycles. The molecule has 2 saturated carbocycles. The van der Waals surface area contributed by atoms with Gasteiger partial charge in [0, 0.05) is 30.9 Å². The van der Waals surface area contributed by atoms with Crippen molar-refractivity contribution in [3.05, 3.63) is 29.8 Å². The van der Waals surface area contributed by atoms with Gasteiger partial charge in [-0.15, -0.1) is 0 Å². The molecule has 3 aliphatic rings. The van der Waals surface area contributed by atoms with Crippen LogP contribution in [-0.2, 0) is 6.54 Å².